The minimum atomic E-state index is -0.417. The molecule has 0 saturated carbocycles. The molecular weight excluding hydrogens is 314 g/mol. The van der Waals surface area contributed by atoms with Crippen molar-refractivity contribution in [1.29, 1.82) is 0 Å². The van der Waals surface area contributed by atoms with Gasteiger partial charge in [0.05, 0.1) is 11.1 Å². The first-order valence-electron chi connectivity index (χ1n) is 8.84. The van der Waals surface area contributed by atoms with Gasteiger partial charge in [0.25, 0.3) is 0 Å². The van der Waals surface area contributed by atoms with E-state index in [2.05, 4.69) is 20.8 Å². The van der Waals surface area contributed by atoms with E-state index < -0.39 is 5.97 Å². The monoisotopic (exact) mass is 339 g/mol. The molecular formula is C21H25NO3. The van der Waals surface area contributed by atoms with E-state index in [1.165, 1.54) is 6.92 Å². The van der Waals surface area contributed by atoms with Crippen LogP contribution in [0.15, 0.2) is 24.3 Å². The lowest BCUT2D eigenvalue weighted by molar-refractivity contribution is -0.120. The number of ether oxygens (including phenoxy) is 1. The van der Waals surface area contributed by atoms with Crippen LogP contribution in [-0.4, -0.2) is 23.3 Å². The number of hydrogen-bond acceptors (Lipinski definition) is 4. The second-order valence-corrected chi connectivity index (χ2v) is 8.01. The first-order chi connectivity index (χ1) is 11.8. The highest BCUT2D eigenvalue weighted by Gasteiger charge is 2.33. The largest absolute Gasteiger partial charge is 0.454 e. The van der Waals surface area contributed by atoms with Gasteiger partial charge in [-0.25, -0.2) is 4.79 Å². The number of aromatic nitrogens is 1. The maximum absolute atomic E-state index is 12.8. The van der Waals surface area contributed by atoms with Crippen LogP contribution in [0.3, 0.4) is 0 Å². The van der Waals surface area contributed by atoms with Crippen molar-refractivity contribution in [3.63, 3.8) is 0 Å². The molecule has 0 radical (unpaired) electrons. The Hall–Kier alpha value is -2.23. The zero-order valence-electron chi connectivity index (χ0n) is 15.4. The Kier molecular flexibility index (Phi) is 4.63. The van der Waals surface area contributed by atoms with Crippen LogP contribution in [0.5, 0.6) is 0 Å². The molecule has 0 unspecified atom stereocenters. The molecule has 4 heteroatoms. The fourth-order valence-corrected chi connectivity index (χ4v) is 3.60. The first kappa shape index (κ1) is 17.6. The van der Waals surface area contributed by atoms with Crippen molar-refractivity contribution >= 4 is 22.7 Å². The van der Waals surface area contributed by atoms with Crippen molar-refractivity contribution in [3.8, 4) is 0 Å². The summed E-state index contributed by atoms with van der Waals surface area (Å²) < 4.78 is 5.27. The van der Waals surface area contributed by atoms with E-state index in [4.69, 9.17) is 9.72 Å². The molecule has 25 heavy (non-hydrogen) atoms. The summed E-state index contributed by atoms with van der Waals surface area (Å²) in [6, 6.07) is 7.66. The Labute approximate surface area is 148 Å². The third-order valence-corrected chi connectivity index (χ3v) is 5.09. The molecule has 1 aliphatic carbocycles. The molecule has 132 valence electrons. The molecule has 0 saturated heterocycles. The Morgan fingerprint density at radius 2 is 1.96 bits per heavy atom. The molecule has 0 spiro atoms. The van der Waals surface area contributed by atoms with Crippen molar-refractivity contribution in [2.45, 2.75) is 47.0 Å². The fourth-order valence-electron chi connectivity index (χ4n) is 3.60. The molecule has 1 aliphatic rings. The number of rotatable bonds is 3. The highest BCUT2D eigenvalue weighted by Crippen LogP contribution is 2.39. The topological polar surface area (TPSA) is 56.3 Å². The van der Waals surface area contributed by atoms with Crippen LogP contribution in [0, 0.1) is 11.3 Å². The Morgan fingerprint density at radius 1 is 1.24 bits per heavy atom. The van der Waals surface area contributed by atoms with E-state index in [1.807, 2.05) is 24.3 Å². The van der Waals surface area contributed by atoms with Crippen molar-refractivity contribution in [3.05, 3.63) is 41.1 Å². The number of Topliss-reactive ketones (excluding diaryl/α,β-unsaturated/α-hetero) is 1. The number of fused-ring (bicyclic) bond motifs is 2. The average molecular weight is 339 g/mol. The SMILES string of the molecule is CC(=O)COC(=O)c1c2c(nc3ccccc13)CC[C@@H](C(C)(C)C)C2. The van der Waals surface area contributed by atoms with E-state index in [-0.39, 0.29) is 17.8 Å². The summed E-state index contributed by atoms with van der Waals surface area (Å²) in [5.41, 5.74) is 3.57. The number of carbonyl (C=O) groups is 2. The Morgan fingerprint density at radius 3 is 2.64 bits per heavy atom. The van der Waals surface area contributed by atoms with Gasteiger partial charge in [0, 0.05) is 11.1 Å². The van der Waals surface area contributed by atoms with Crippen LogP contribution in [0.1, 0.15) is 55.7 Å². The lowest BCUT2D eigenvalue weighted by Gasteiger charge is -2.35. The lowest BCUT2D eigenvalue weighted by atomic mass is 9.70. The molecule has 0 fully saturated rings. The van der Waals surface area contributed by atoms with Gasteiger partial charge < -0.3 is 4.74 Å². The first-order valence-corrected chi connectivity index (χ1v) is 8.84. The van der Waals surface area contributed by atoms with E-state index in [0.717, 1.165) is 41.4 Å². The highest BCUT2D eigenvalue weighted by molar-refractivity contribution is 6.05. The number of carbonyl (C=O) groups excluding carboxylic acids is 2. The van der Waals surface area contributed by atoms with Gasteiger partial charge in [0.1, 0.15) is 6.61 Å². The van der Waals surface area contributed by atoms with E-state index in [0.29, 0.717) is 11.5 Å². The molecule has 0 amide bonds. The van der Waals surface area contributed by atoms with Crippen LogP contribution in [0.2, 0.25) is 0 Å². The summed E-state index contributed by atoms with van der Waals surface area (Å²) in [5.74, 6) is -0.0879. The predicted molar refractivity (Wildman–Crippen MR) is 97.7 cm³/mol. The Bertz CT molecular complexity index is 833. The normalized spacial score (nSPS) is 17.2. The summed E-state index contributed by atoms with van der Waals surface area (Å²) in [7, 11) is 0. The number of hydrogen-bond donors (Lipinski definition) is 0. The van der Waals surface area contributed by atoms with Crippen LogP contribution < -0.4 is 0 Å². The molecule has 4 nitrogen and oxygen atoms in total. The van der Waals surface area contributed by atoms with Gasteiger partial charge in [0.15, 0.2) is 5.78 Å². The smallest absolute Gasteiger partial charge is 0.339 e. The molecule has 1 atom stereocenters. The molecule has 1 heterocycles. The third-order valence-electron chi connectivity index (χ3n) is 5.09. The number of esters is 1. The molecule has 1 aromatic carbocycles. The second-order valence-electron chi connectivity index (χ2n) is 8.01. The average Bonchev–Trinajstić information content (AvgIpc) is 2.56. The quantitative estimate of drug-likeness (QED) is 0.789. The summed E-state index contributed by atoms with van der Waals surface area (Å²) in [6.45, 7) is 7.95. The highest BCUT2D eigenvalue weighted by atomic mass is 16.5. The summed E-state index contributed by atoms with van der Waals surface area (Å²) in [5, 5.41) is 0.810. The molecule has 2 aromatic rings. The van der Waals surface area contributed by atoms with Gasteiger partial charge in [-0.1, -0.05) is 39.0 Å². The molecule has 0 N–H and O–H groups in total. The molecule has 0 aliphatic heterocycles. The van der Waals surface area contributed by atoms with Crippen LogP contribution in [-0.2, 0) is 22.4 Å². The van der Waals surface area contributed by atoms with E-state index in [9.17, 15) is 9.59 Å². The second kappa shape index (κ2) is 6.58. The van der Waals surface area contributed by atoms with Crippen molar-refractivity contribution in [2.24, 2.45) is 11.3 Å². The van der Waals surface area contributed by atoms with Gasteiger partial charge >= 0.3 is 5.97 Å². The van der Waals surface area contributed by atoms with Gasteiger partial charge in [-0.15, -0.1) is 0 Å². The Balaban J connectivity index is 2.12. The van der Waals surface area contributed by atoms with E-state index in [1.54, 1.807) is 0 Å². The van der Waals surface area contributed by atoms with Crippen LogP contribution >= 0.6 is 0 Å². The lowest BCUT2D eigenvalue weighted by Crippen LogP contribution is -2.29. The van der Waals surface area contributed by atoms with Gasteiger partial charge in [-0.3, -0.25) is 9.78 Å². The van der Waals surface area contributed by atoms with Crippen LogP contribution in [0.25, 0.3) is 10.9 Å². The maximum Gasteiger partial charge on any atom is 0.339 e. The van der Waals surface area contributed by atoms with Gasteiger partial charge in [-0.2, -0.15) is 0 Å². The number of ketones is 1. The van der Waals surface area contributed by atoms with Crippen molar-refractivity contribution < 1.29 is 14.3 Å². The summed E-state index contributed by atoms with van der Waals surface area (Å²) in [4.78, 5) is 28.8. The number of nitrogens with zero attached hydrogens (tertiary/aromatic N) is 1. The molecule has 1 aromatic heterocycles. The van der Waals surface area contributed by atoms with Gasteiger partial charge in [0.2, 0.25) is 0 Å². The van der Waals surface area contributed by atoms with Crippen molar-refractivity contribution in [1.82, 2.24) is 4.98 Å². The maximum atomic E-state index is 12.8. The molecule has 3 rings (SSSR count). The number of benzene rings is 1. The predicted octanol–water partition coefficient (Wildman–Crippen LogP) is 4.13. The number of aryl methyl sites for hydroxylation is 1. The minimum absolute atomic E-state index is 0.159. The fraction of sp³-hybridized carbons (Fsp3) is 0.476. The molecule has 0 bridgehead atoms. The summed E-state index contributed by atoms with van der Waals surface area (Å²) >= 11 is 0. The van der Waals surface area contributed by atoms with Crippen molar-refractivity contribution in [2.75, 3.05) is 6.61 Å². The minimum Gasteiger partial charge on any atom is -0.454 e. The zero-order chi connectivity index (χ0) is 18.2. The third kappa shape index (κ3) is 3.58. The number of pyridine rings is 1. The number of para-hydroxylation sites is 1. The summed E-state index contributed by atoms with van der Waals surface area (Å²) in [6.07, 6.45) is 2.76. The van der Waals surface area contributed by atoms with Crippen LogP contribution in [0.4, 0.5) is 0 Å². The zero-order valence-corrected chi connectivity index (χ0v) is 15.4. The van der Waals surface area contributed by atoms with Gasteiger partial charge in [-0.05, 0) is 49.1 Å². The standard InChI is InChI=1S/C21H25NO3/c1-13(23)12-25-20(24)19-15-7-5-6-8-17(15)22-18-10-9-14(11-16(18)19)21(2,3)4/h5-8,14H,9-12H2,1-4H3/t14-/m1/s1. The van der Waals surface area contributed by atoms with E-state index >= 15 is 0 Å².